The van der Waals surface area contributed by atoms with Crippen LogP contribution in [0.5, 0.6) is 11.5 Å². The van der Waals surface area contributed by atoms with Crippen molar-refractivity contribution in [1.82, 2.24) is 10.2 Å². The molecule has 3 rings (SSSR count). The van der Waals surface area contributed by atoms with Crippen LogP contribution in [0.25, 0.3) is 0 Å². The van der Waals surface area contributed by atoms with Crippen molar-refractivity contribution in [3.63, 3.8) is 0 Å². The molecule has 5 heteroatoms. The van der Waals surface area contributed by atoms with Gasteiger partial charge in [-0.2, -0.15) is 0 Å². The lowest BCUT2D eigenvalue weighted by molar-refractivity contribution is 0.198. The minimum atomic E-state index is 0.144. The molecule has 1 aliphatic heterocycles. The first-order valence-corrected chi connectivity index (χ1v) is 9.70. The molecule has 1 atom stereocenters. The van der Waals surface area contributed by atoms with Gasteiger partial charge in [0.1, 0.15) is 0 Å². The van der Waals surface area contributed by atoms with E-state index in [0.717, 1.165) is 42.7 Å². The number of benzene rings is 2. The highest BCUT2D eigenvalue weighted by Crippen LogP contribution is 2.36. The number of piperazine rings is 1. The SMILES string of the molecule is CCOc1ccc(C(c2cccc(Cl)c2)N2CCNCC2)cc1OCC. The van der Waals surface area contributed by atoms with Crippen LogP contribution in [0, 0.1) is 0 Å². The van der Waals surface area contributed by atoms with Crippen molar-refractivity contribution in [2.45, 2.75) is 19.9 Å². The van der Waals surface area contributed by atoms with Gasteiger partial charge in [0.25, 0.3) is 0 Å². The normalized spacial score (nSPS) is 16.3. The maximum absolute atomic E-state index is 6.29. The molecule has 1 N–H and O–H groups in total. The summed E-state index contributed by atoms with van der Waals surface area (Å²) in [5, 5.41) is 4.19. The quantitative estimate of drug-likeness (QED) is 0.790. The number of ether oxygens (including phenoxy) is 2. The highest BCUT2D eigenvalue weighted by atomic mass is 35.5. The van der Waals surface area contributed by atoms with Crippen LogP contribution in [0.1, 0.15) is 31.0 Å². The van der Waals surface area contributed by atoms with Crippen LogP contribution in [0.2, 0.25) is 5.02 Å². The van der Waals surface area contributed by atoms with Crippen molar-refractivity contribution in [3.8, 4) is 11.5 Å². The Morgan fingerprint density at radius 3 is 2.35 bits per heavy atom. The van der Waals surface area contributed by atoms with Gasteiger partial charge in [0, 0.05) is 31.2 Å². The lowest BCUT2D eigenvalue weighted by atomic mass is 9.96. The molecule has 0 amide bonds. The van der Waals surface area contributed by atoms with Gasteiger partial charge in [-0.05, 0) is 49.2 Å². The fourth-order valence-electron chi connectivity index (χ4n) is 3.47. The Morgan fingerprint density at radius 2 is 1.65 bits per heavy atom. The van der Waals surface area contributed by atoms with E-state index in [1.807, 2.05) is 32.0 Å². The first-order chi connectivity index (χ1) is 12.7. The Balaban J connectivity index is 2.01. The minimum absolute atomic E-state index is 0.144. The predicted molar refractivity (Wildman–Crippen MR) is 107 cm³/mol. The molecule has 2 aromatic carbocycles. The largest absolute Gasteiger partial charge is 0.490 e. The number of halogens is 1. The lowest BCUT2D eigenvalue weighted by Gasteiger charge is -2.36. The summed E-state index contributed by atoms with van der Waals surface area (Å²) in [5.74, 6) is 1.59. The summed E-state index contributed by atoms with van der Waals surface area (Å²) in [4.78, 5) is 2.49. The van der Waals surface area contributed by atoms with Gasteiger partial charge in [0.2, 0.25) is 0 Å². The van der Waals surface area contributed by atoms with E-state index in [0.29, 0.717) is 13.2 Å². The molecule has 1 fully saturated rings. The van der Waals surface area contributed by atoms with Gasteiger partial charge in [-0.25, -0.2) is 0 Å². The topological polar surface area (TPSA) is 33.7 Å². The molecule has 0 radical (unpaired) electrons. The van der Waals surface area contributed by atoms with Crippen molar-refractivity contribution in [2.24, 2.45) is 0 Å². The van der Waals surface area contributed by atoms with Crippen molar-refractivity contribution in [1.29, 1.82) is 0 Å². The molecule has 0 saturated carbocycles. The third kappa shape index (κ3) is 4.50. The molecule has 0 spiro atoms. The zero-order valence-corrected chi connectivity index (χ0v) is 16.3. The summed E-state index contributed by atoms with van der Waals surface area (Å²) < 4.78 is 11.6. The first kappa shape index (κ1) is 19.0. The number of rotatable bonds is 7. The molecule has 26 heavy (non-hydrogen) atoms. The highest BCUT2D eigenvalue weighted by Gasteiger charge is 2.25. The maximum atomic E-state index is 6.29. The van der Waals surface area contributed by atoms with E-state index >= 15 is 0 Å². The van der Waals surface area contributed by atoms with Gasteiger partial charge in [0.15, 0.2) is 11.5 Å². The molecule has 1 saturated heterocycles. The average molecular weight is 375 g/mol. The second kappa shape index (κ2) is 9.26. The van der Waals surface area contributed by atoms with Crippen molar-refractivity contribution >= 4 is 11.6 Å². The zero-order chi connectivity index (χ0) is 18.4. The second-order valence-electron chi connectivity index (χ2n) is 6.32. The summed E-state index contributed by atoms with van der Waals surface area (Å²) in [5.41, 5.74) is 2.40. The molecule has 2 aromatic rings. The van der Waals surface area contributed by atoms with Crippen LogP contribution >= 0.6 is 11.6 Å². The Bertz CT molecular complexity index is 717. The number of nitrogens with zero attached hydrogens (tertiary/aromatic N) is 1. The van der Waals surface area contributed by atoms with E-state index in [2.05, 4.69) is 34.5 Å². The fourth-order valence-corrected chi connectivity index (χ4v) is 3.67. The lowest BCUT2D eigenvalue weighted by Crippen LogP contribution is -2.45. The Hall–Kier alpha value is -1.75. The van der Waals surface area contributed by atoms with Crippen LogP contribution in [0.4, 0.5) is 0 Å². The van der Waals surface area contributed by atoms with Crippen molar-refractivity contribution in [3.05, 3.63) is 58.6 Å². The van der Waals surface area contributed by atoms with E-state index < -0.39 is 0 Å². The first-order valence-electron chi connectivity index (χ1n) is 9.32. The minimum Gasteiger partial charge on any atom is -0.490 e. The fraction of sp³-hybridized carbons (Fsp3) is 0.429. The molecule has 1 heterocycles. The van der Waals surface area contributed by atoms with E-state index in [-0.39, 0.29) is 6.04 Å². The van der Waals surface area contributed by atoms with Gasteiger partial charge < -0.3 is 14.8 Å². The predicted octanol–water partition coefficient (Wildman–Crippen LogP) is 4.13. The Labute approximate surface area is 161 Å². The van der Waals surface area contributed by atoms with Crippen LogP contribution < -0.4 is 14.8 Å². The van der Waals surface area contributed by atoms with Crippen LogP contribution in [-0.4, -0.2) is 44.3 Å². The third-order valence-corrected chi connectivity index (χ3v) is 4.80. The summed E-state index contributed by atoms with van der Waals surface area (Å²) in [6.07, 6.45) is 0. The molecular formula is C21H27ClN2O2. The van der Waals surface area contributed by atoms with E-state index in [4.69, 9.17) is 21.1 Å². The van der Waals surface area contributed by atoms with E-state index in [1.165, 1.54) is 11.1 Å². The van der Waals surface area contributed by atoms with Gasteiger partial charge in [-0.3, -0.25) is 4.90 Å². The summed E-state index contributed by atoms with van der Waals surface area (Å²) in [7, 11) is 0. The van der Waals surface area contributed by atoms with Crippen LogP contribution in [0.15, 0.2) is 42.5 Å². The zero-order valence-electron chi connectivity index (χ0n) is 15.5. The monoisotopic (exact) mass is 374 g/mol. The van der Waals surface area contributed by atoms with Crippen LogP contribution in [-0.2, 0) is 0 Å². The Morgan fingerprint density at radius 1 is 0.962 bits per heavy atom. The highest BCUT2D eigenvalue weighted by molar-refractivity contribution is 6.30. The van der Waals surface area contributed by atoms with E-state index in [1.54, 1.807) is 0 Å². The van der Waals surface area contributed by atoms with Gasteiger partial charge in [0.05, 0.1) is 19.3 Å². The molecule has 0 bridgehead atoms. The van der Waals surface area contributed by atoms with Gasteiger partial charge in [-0.15, -0.1) is 0 Å². The number of hydrogen-bond acceptors (Lipinski definition) is 4. The molecular weight excluding hydrogens is 348 g/mol. The molecule has 1 unspecified atom stereocenters. The maximum Gasteiger partial charge on any atom is 0.161 e. The average Bonchev–Trinajstić information content (AvgIpc) is 2.65. The molecule has 0 aliphatic carbocycles. The van der Waals surface area contributed by atoms with Gasteiger partial charge >= 0.3 is 0 Å². The van der Waals surface area contributed by atoms with E-state index in [9.17, 15) is 0 Å². The molecule has 140 valence electrons. The smallest absolute Gasteiger partial charge is 0.161 e. The molecule has 4 nitrogen and oxygen atoms in total. The summed E-state index contributed by atoms with van der Waals surface area (Å²) >= 11 is 6.29. The number of nitrogens with one attached hydrogen (secondary N) is 1. The summed E-state index contributed by atoms with van der Waals surface area (Å²) in [6, 6.07) is 14.6. The Kier molecular flexibility index (Phi) is 6.78. The van der Waals surface area contributed by atoms with Crippen LogP contribution in [0.3, 0.4) is 0 Å². The second-order valence-corrected chi connectivity index (χ2v) is 6.75. The van der Waals surface area contributed by atoms with Gasteiger partial charge in [-0.1, -0.05) is 29.8 Å². The van der Waals surface area contributed by atoms with Crippen molar-refractivity contribution < 1.29 is 9.47 Å². The molecule has 0 aromatic heterocycles. The van der Waals surface area contributed by atoms with Crippen molar-refractivity contribution in [2.75, 3.05) is 39.4 Å². The summed E-state index contributed by atoms with van der Waals surface area (Å²) in [6.45, 7) is 9.18. The standard InChI is InChI=1S/C21H27ClN2O2/c1-3-25-19-9-8-17(15-20(19)26-4-2)21(24-12-10-23-11-13-24)16-6-5-7-18(22)14-16/h5-9,14-15,21,23H,3-4,10-13H2,1-2H3. The number of hydrogen-bond donors (Lipinski definition) is 1. The molecule has 1 aliphatic rings. The third-order valence-electron chi connectivity index (χ3n) is 4.56.